The zero-order valence-corrected chi connectivity index (χ0v) is 12.0. The lowest BCUT2D eigenvalue weighted by molar-refractivity contribution is 0.582. The van der Waals surface area contributed by atoms with Crippen molar-refractivity contribution in [1.82, 2.24) is 9.88 Å². The Labute approximate surface area is 110 Å². The van der Waals surface area contributed by atoms with Crippen molar-refractivity contribution < 1.29 is 0 Å². The number of aryl methyl sites for hydroxylation is 2. The van der Waals surface area contributed by atoms with Gasteiger partial charge in [-0.1, -0.05) is 12.1 Å². The first-order chi connectivity index (χ1) is 8.65. The van der Waals surface area contributed by atoms with Gasteiger partial charge in [0.15, 0.2) is 0 Å². The predicted molar refractivity (Wildman–Crippen MR) is 79.3 cm³/mol. The lowest BCUT2D eigenvalue weighted by Crippen LogP contribution is -2.11. The van der Waals surface area contributed by atoms with E-state index in [0.717, 1.165) is 13.0 Å². The van der Waals surface area contributed by atoms with Crippen molar-refractivity contribution in [3.05, 3.63) is 35.5 Å². The van der Waals surface area contributed by atoms with Crippen LogP contribution < -0.4 is 5.32 Å². The molecule has 0 aliphatic rings. The van der Waals surface area contributed by atoms with E-state index in [1.807, 2.05) is 7.05 Å². The van der Waals surface area contributed by atoms with Crippen LogP contribution in [-0.4, -0.2) is 18.2 Å². The number of aromatic nitrogens is 1. The molecule has 0 fully saturated rings. The van der Waals surface area contributed by atoms with Gasteiger partial charge in [0, 0.05) is 22.6 Å². The number of nitrogens with zero attached hydrogens (tertiary/aromatic N) is 1. The van der Waals surface area contributed by atoms with Gasteiger partial charge in [-0.3, -0.25) is 0 Å². The topological polar surface area (TPSA) is 17.0 Å². The summed E-state index contributed by atoms with van der Waals surface area (Å²) in [6.07, 6.45) is 2.34. The molecule has 0 aliphatic carbocycles. The summed E-state index contributed by atoms with van der Waals surface area (Å²) in [7, 11) is 2.02. The lowest BCUT2D eigenvalue weighted by Gasteiger charge is -2.14. The number of nitrogens with one attached hydrogen (secondary N) is 1. The second-order valence-electron chi connectivity index (χ2n) is 5.31. The van der Waals surface area contributed by atoms with Gasteiger partial charge in [-0.15, -0.1) is 0 Å². The van der Waals surface area contributed by atoms with Crippen molar-refractivity contribution in [3.63, 3.8) is 0 Å². The molecule has 2 nitrogen and oxygen atoms in total. The third kappa shape index (κ3) is 2.44. The number of benzene rings is 1. The molecule has 1 N–H and O–H groups in total. The Bertz CT molecular complexity index is 523. The molecule has 2 aromatic rings. The van der Waals surface area contributed by atoms with Crippen molar-refractivity contribution in [1.29, 1.82) is 0 Å². The number of rotatable bonds is 5. The van der Waals surface area contributed by atoms with Crippen LogP contribution in [0, 0.1) is 6.92 Å². The summed E-state index contributed by atoms with van der Waals surface area (Å²) in [5, 5.41) is 4.63. The molecule has 0 amide bonds. The Morgan fingerprint density at radius 1 is 1.28 bits per heavy atom. The van der Waals surface area contributed by atoms with Crippen molar-refractivity contribution in [2.75, 3.05) is 13.6 Å². The Morgan fingerprint density at radius 2 is 2.06 bits per heavy atom. The van der Waals surface area contributed by atoms with Gasteiger partial charge in [-0.25, -0.2) is 0 Å². The molecule has 1 heterocycles. The summed E-state index contributed by atoms with van der Waals surface area (Å²) in [4.78, 5) is 0. The molecule has 0 spiro atoms. The van der Waals surface area contributed by atoms with Gasteiger partial charge < -0.3 is 9.88 Å². The highest BCUT2D eigenvalue weighted by Gasteiger charge is 2.11. The second-order valence-corrected chi connectivity index (χ2v) is 5.31. The standard InChI is InChI=1S/C16H24N2/c1-12(2)18-14(8-6-10-17-4)11-15-13(3)7-5-9-16(15)18/h5,7,9,11-12,17H,6,8,10H2,1-4H3. The van der Waals surface area contributed by atoms with Gasteiger partial charge in [0.25, 0.3) is 0 Å². The molecule has 98 valence electrons. The maximum Gasteiger partial charge on any atom is 0.0487 e. The fourth-order valence-corrected chi connectivity index (χ4v) is 2.70. The minimum Gasteiger partial charge on any atom is -0.342 e. The fourth-order valence-electron chi connectivity index (χ4n) is 2.70. The molecule has 1 aromatic carbocycles. The van der Waals surface area contributed by atoms with Crippen LogP contribution in [0.4, 0.5) is 0 Å². The smallest absolute Gasteiger partial charge is 0.0487 e. The van der Waals surface area contributed by atoms with E-state index in [1.54, 1.807) is 0 Å². The van der Waals surface area contributed by atoms with Crippen molar-refractivity contribution in [3.8, 4) is 0 Å². The summed E-state index contributed by atoms with van der Waals surface area (Å²) in [5.74, 6) is 0. The highest BCUT2D eigenvalue weighted by atomic mass is 15.0. The summed E-state index contributed by atoms with van der Waals surface area (Å²) >= 11 is 0. The monoisotopic (exact) mass is 244 g/mol. The summed E-state index contributed by atoms with van der Waals surface area (Å²) < 4.78 is 2.48. The van der Waals surface area contributed by atoms with E-state index in [0.29, 0.717) is 6.04 Å². The van der Waals surface area contributed by atoms with Crippen LogP contribution >= 0.6 is 0 Å². The van der Waals surface area contributed by atoms with E-state index in [4.69, 9.17) is 0 Å². The molecule has 0 bridgehead atoms. The first kappa shape index (κ1) is 13.2. The third-order valence-electron chi connectivity index (χ3n) is 3.56. The normalized spacial score (nSPS) is 11.6. The van der Waals surface area contributed by atoms with Crippen LogP contribution in [0.15, 0.2) is 24.3 Å². The Hall–Kier alpha value is -1.28. The van der Waals surface area contributed by atoms with E-state index >= 15 is 0 Å². The molecule has 0 saturated heterocycles. The average molecular weight is 244 g/mol. The summed E-state index contributed by atoms with van der Waals surface area (Å²) in [5.41, 5.74) is 4.22. The molecular weight excluding hydrogens is 220 g/mol. The molecule has 0 saturated carbocycles. The van der Waals surface area contributed by atoms with Crippen LogP contribution in [0.25, 0.3) is 10.9 Å². The van der Waals surface area contributed by atoms with E-state index < -0.39 is 0 Å². The minimum atomic E-state index is 0.522. The van der Waals surface area contributed by atoms with Crippen LogP contribution in [0.3, 0.4) is 0 Å². The van der Waals surface area contributed by atoms with Crippen molar-refractivity contribution in [2.24, 2.45) is 0 Å². The molecule has 18 heavy (non-hydrogen) atoms. The Kier molecular flexibility index (Phi) is 4.07. The van der Waals surface area contributed by atoms with Crippen LogP contribution in [0.1, 0.15) is 37.6 Å². The highest BCUT2D eigenvalue weighted by molar-refractivity contribution is 5.84. The van der Waals surface area contributed by atoms with Crippen LogP contribution in [0.2, 0.25) is 0 Å². The van der Waals surface area contributed by atoms with E-state index in [2.05, 4.69) is 54.9 Å². The van der Waals surface area contributed by atoms with Crippen LogP contribution in [-0.2, 0) is 6.42 Å². The predicted octanol–water partition coefficient (Wildman–Crippen LogP) is 3.68. The van der Waals surface area contributed by atoms with Crippen molar-refractivity contribution >= 4 is 10.9 Å². The van der Waals surface area contributed by atoms with Crippen molar-refractivity contribution in [2.45, 2.75) is 39.7 Å². The molecule has 2 heteroatoms. The van der Waals surface area contributed by atoms with Crippen LogP contribution in [0.5, 0.6) is 0 Å². The van der Waals surface area contributed by atoms with Gasteiger partial charge in [0.2, 0.25) is 0 Å². The first-order valence-corrected chi connectivity index (χ1v) is 6.89. The summed E-state index contributed by atoms with van der Waals surface area (Å²) in [6.45, 7) is 7.82. The maximum absolute atomic E-state index is 3.22. The number of hydrogen-bond acceptors (Lipinski definition) is 1. The summed E-state index contributed by atoms with van der Waals surface area (Å²) in [6, 6.07) is 9.50. The lowest BCUT2D eigenvalue weighted by atomic mass is 10.1. The number of fused-ring (bicyclic) bond motifs is 1. The Morgan fingerprint density at radius 3 is 2.72 bits per heavy atom. The third-order valence-corrected chi connectivity index (χ3v) is 3.56. The fraction of sp³-hybridized carbons (Fsp3) is 0.500. The average Bonchev–Trinajstić information content (AvgIpc) is 2.69. The highest BCUT2D eigenvalue weighted by Crippen LogP contribution is 2.27. The maximum atomic E-state index is 3.22. The largest absolute Gasteiger partial charge is 0.342 e. The molecule has 1 aromatic heterocycles. The van der Waals surface area contributed by atoms with Gasteiger partial charge in [0.1, 0.15) is 0 Å². The molecule has 0 aliphatic heterocycles. The zero-order chi connectivity index (χ0) is 13.1. The SMILES string of the molecule is CNCCCc1cc2c(C)cccc2n1C(C)C. The second kappa shape index (κ2) is 5.57. The first-order valence-electron chi connectivity index (χ1n) is 6.89. The van der Waals surface area contributed by atoms with E-state index in [-0.39, 0.29) is 0 Å². The quantitative estimate of drug-likeness (QED) is 0.794. The molecule has 0 unspecified atom stereocenters. The minimum absolute atomic E-state index is 0.522. The van der Waals surface area contributed by atoms with Gasteiger partial charge in [-0.2, -0.15) is 0 Å². The molecular formula is C16H24N2. The van der Waals surface area contributed by atoms with E-state index in [1.165, 1.54) is 28.6 Å². The van der Waals surface area contributed by atoms with Gasteiger partial charge in [-0.05, 0) is 64.9 Å². The molecule has 2 rings (SSSR count). The molecule has 0 radical (unpaired) electrons. The van der Waals surface area contributed by atoms with Gasteiger partial charge in [0.05, 0.1) is 0 Å². The Balaban J connectivity index is 2.44. The number of hydrogen-bond donors (Lipinski definition) is 1. The molecule has 0 atom stereocenters. The van der Waals surface area contributed by atoms with Gasteiger partial charge >= 0.3 is 0 Å². The zero-order valence-electron chi connectivity index (χ0n) is 12.0. The van der Waals surface area contributed by atoms with E-state index in [9.17, 15) is 0 Å².